The van der Waals surface area contributed by atoms with E-state index in [1.165, 1.54) is 54.7 Å². The Bertz CT molecular complexity index is 3060. The van der Waals surface area contributed by atoms with E-state index in [4.69, 9.17) is 11.6 Å². The minimum absolute atomic E-state index is 0.737. The lowest BCUT2D eigenvalue weighted by atomic mass is 9.89. The molecule has 254 valence electrons. The Kier molecular flexibility index (Phi) is 6.86. The molecule has 0 aliphatic heterocycles. The van der Waals surface area contributed by atoms with Gasteiger partial charge in [-0.3, -0.25) is 0 Å². The van der Waals surface area contributed by atoms with Crippen LogP contribution in [0.1, 0.15) is 5.56 Å². The standard InChI is InChI=1S/C51H33ClN2/c1-30-26-33-18-8-9-19-34(33)27-41(30)37-22-12-24-39-46-44(31-14-4-2-5-15-31)51-47(45(50(46)53-48(37)39)32-16-6-3-7-17-32)40-25-13-23-38(49(40)54-51)42-28-35-20-10-11-21-36(35)29-43(42)52/h2-29,53-54H,1H3. The average Bonchev–Trinajstić information content (AvgIpc) is 3.79. The molecule has 0 fully saturated rings. The molecule has 2 N–H and O–H groups in total. The molecule has 0 aliphatic rings. The largest absolute Gasteiger partial charge is 0.353 e. The highest BCUT2D eigenvalue weighted by Crippen LogP contribution is 2.50. The lowest BCUT2D eigenvalue weighted by Gasteiger charge is -2.13. The Morgan fingerprint density at radius 2 is 0.796 bits per heavy atom. The molecule has 0 saturated heterocycles. The van der Waals surface area contributed by atoms with Crippen molar-refractivity contribution in [3.05, 3.63) is 180 Å². The smallest absolute Gasteiger partial charge is 0.0558 e. The van der Waals surface area contributed by atoms with Crippen LogP contribution in [0.5, 0.6) is 0 Å². The molecule has 2 heterocycles. The SMILES string of the molecule is Cc1cc2ccccc2cc1-c1cccc2c1[nH]c1c(-c3ccccc3)c3c([nH]c4c(-c5cc6ccccc6cc5Cl)cccc43)c(-c3ccccc3)c12. The average molecular weight is 709 g/mol. The molecule has 0 amide bonds. The van der Waals surface area contributed by atoms with Crippen molar-refractivity contribution in [2.45, 2.75) is 6.92 Å². The number of halogens is 1. The van der Waals surface area contributed by atoms with Gasteiger partial charge in [-0.2, -0.15) is 0 Å². The number of aryl methyl sites for hydroxylation is 1. The Hall–Kier alpha value is -6.61. The summed E-state index contributed by atoms with van der Waals surface area (Å²) in [5.74, 6) is 0. The van der Waals surface area contributed by atoms with Crippen molar-refractivity contribution in [1.29, 1.82) is 0 Å². The normalized spacial score (nSPS) is 11.9. The van der Waals surface area contributed by atoms with Gasteiger partial charge in [0, 0.05) is 54.4 Å². The van der Waals surface area contributed by atoms with Crippen LogP contribution in [-0.2, 0) is 0 Å². The van der Waals surface area contributed by atoms with Crippen molar-refractivity contribution in [3.8, 4) is 44.5 Å². The molecular formula is C51H33ClN2. The monoisotopic (exact) mass is 708 g/mol. The van der Waals surface area contributed by atoms with Crippen molar-refractivity contribution in [2.24, 2.45) is 0 Å². The third kappa shape index (κ3) is 4.60. The molecule has 0 saturated carbocycles. The molecule has 9 aromatic carbocycles. The maximum Gasteiger partial charge on any atom is 0.0558 e. The second-order valence-corrected chi connectivity index (χ2v) is 14.8. The van der Waals surface area contributed by atoms with E-state index in [0.29, 0.717) is 0 Å². The molecular weight excluding hydrogens is 676 g/mol. The fourth-order valence-electron chi connectivity index (χ4n) is 8.88. The van der Waals surface area contributed by atoms with E-state index < -0.39 is 0 Å². The first-order valence-electron chi connectivity index (χ1n) is 18.5. The van der Waals surface area contributed by atoms with E-state index in [9.17, 15) is 0 Å². The third-order valence-electron chi connectivity index (χ3n) is 11.3. The Balaban J connectivity index is 1.31. The second-order valence-electron chi connectivity index (χ2n) is 14.4. The Morgan fingerprint density at radius 1 is 0.370 bits per heavy atom. The molecule has 0 spiro atoms. The molecule has 54 heavy (non-hydrogen) atoms. The predicted molar refractivity (Wildman–Crippen MR) is 232 cm³/mol. The zero-order valence-corrected chi connectivity index (χ0v) is 30.3. The fraction of sp³-hybridized carbons (Fsp3) is 0.0196. The molecule has 11 rings (SSSR count). The van der Waals surface area contributed by atoms with Crippen LogP contribution in [0.25, 0.3) is 110 Å². The number of aromatic amines is 2. The highest BCUT2D eigenvalue weighted by Gasteiger charge is 2.26. The number of hydrogen-bond donors (Lipinski definition) is 2. The van der Waals surface area contributed by atoms with Gasteiger partial charge >= 0.3 is 0 Å². The van der Waals surface area contributed by atoms with Crippen LogP contribution in [0.3, 0.4) is 0 Å². The summed E-state index contributed by atoms with van der Waals surface area (Å²) < 4.78 is 0. The summed E-state index contributed by atoms with van der Waals surface area (Å²) in [6.45, 7) is 2.23. The van der Waals surface area contributed by atoms with Crippen LogP contribution in [-0.4, -0.2) is 9.97 Å². The second kappa shape index (κ2) is 12.0. The molecule has 0 aliphatic carbocycles. The molecule has 0 atom stereocenters. The van der Waals surface area contributed by atoms with Crippen molar-refractivity contribution in [2.75, 3.05) is 0 Å². The highest BCUT2D eigenvalue weighted by atomic mass is 35.5. The first-order chi connectivity index (χ1) is 26.6. The van der Waals surface area contributed by atoms with Crippen LogP contribution in [0.4, 0.5) is 0 Å². The topological polar surface area (TPSA) is 31.6 Å². The van der Waals surface area contributed by atoms with E-state index in [-0.39, 0.29) is 0 Å². The van der Waals surface area contributed by atoms with Crippen LogP contribution in [0.15, 0.2) is 170 Å². The summed E-state index contributed by atoms with van der Waals surface area (Å²) in [6, 6.07) is 61.1. The molecule has 11 aromatic rings. The number of fused-ring (bicyclic) bond motifs is 8. The number of nitrogens with one attached hydrogen (secondary N) is 2. The van der Waals surface area contributed by atoms with Crippen molar-refractivity contribution in [3.63, 3.8) is 0 Å². The van der Waals surface area contributed by atoms with Gasteiger partial charge in [0.05, 0.1) is 22.1 Å². The van der Waals surface area contributed by atoms with Gasteiger partial charge in [0.25, 0.3) is 0 Å². The number of aromatic nitrogens is 2. The van der Waals surface area contributed by atoms with E-state index in [2.05, 4.69) is 187 Å². The van der Waals surface area contributed by atoms with Gasteiger partial charge in [-0.1, -0.05) is 163 Å². The highest BCUT2D eigenvalue weighted by molar-refractivity contribution is 6.36. The summed E-state index contributed by atoms with van der Waals surface area (Å²) in [5, 5.41) is 10.3. The van der Waals surface area contributed by atoms with Crippen molar-refractivity contribution in [1.82, 2.24) is 9.97 Å². The quantitative estimate of drug-likeness (QED) is 0.182. The molecule has 2 nitrogen and oxygen atoms in total. The maximum absolute atomic E-state index is 7.11. The third-order valence-corrected chi connectivity index (χ3v) is 11.6. The predicted octanol–water partition coefficient (Wildman–Crippen LogP) is 14.9. The van der Waals surface area contributed by atoms with Gasteiger partial charge in [-0.05, 0) is 68.9 Å². The van der Waals surface area contributed by atoms with E-state index >= 15 is 0 Å². The van der Waals surface area contributed by atoms with Crippen LogP contribution in [0.2, 0.25) is 5.02 Å². The first kappa shape index (κ1) is 31.0. The van der Waals surface area contributed by atoms with Gasteiger partial charge in [0.1, 0.15) is 0 Å². The molecule has 2 aromatic heterocycles. The number of hydrogen-bond acceptors (Lipinski definition) is 0. The first-order valence-corrected chi connectivity index (χ1v) is 18.8. The van der Waals surface area contributed by atoms with E-state index in [1.807, 2.05) is 0 Å². The molecule has 3 heteroatoms. The minimum atomic E-state index is 0.737. The number of H-pyrrole nitrogens is 2. The summed E-state index contributed by atoms with van der Waals surface area (Å²) in [5.41, 5.74) is 14.9. The summed E-state index contributed by atoms with van der Waals surface area (Å²) in [6.07, 6.45) is 0. The molecule has 0 bridgehead atoms. The maximum atomic E-state index is 7.11. The number of para-hydroxylation sites is 2. The number of benzene rings is 9. The zero-order chi connectivity index (χ0) is 35.9. The van der Waals surface area contributed by atoms with Gasteiger partial charge in [0.2, 0.25) is 0 Å². The zero-order valence-electron chi connectivity index (χ0n) is 29.5. The van der Waals surface area contributed by atoms with Crippen LogP contribution >= 0.6 is 11.6 Å². The summed E-state index contributed by atoms with van der Waals surface area (Å²) in [7, 11) is 0. The summed E-state index contributed by atoms with van der Waals surface area (Å²) in [4.78, 5) is 8.13. The van der Waals surface area contributed by atoms with Gasteiger partial charge in [-0.15, -0.1) is 0 Å². The van der Waals surface area contributed by atoms with Gasteiger partial charge in [0.15, 0.2) is 0 Å². The van der Waals surface area contributed by atoms with Crippen LogP contribution in [0, 0.1) is 6.92 Å². The lowest BCUT2D eigenvalue weighted by Crippen LogP contribution is -1.88. The van der Waals surface area contributed by atoms with E-state index in [0.717, 1.165) is 65.5 Å². The molecule has 0 radical (unpaired) electrons. The Morgan fingerprint density at radius 3 is 1.31 bits per heavy atom. The molecule has 0 unspecified atom stereocenters. The Labute approximate surface area is 317 Å². The van der Waals surface area contributed by atoms with E-state index in [1.54, 1.807) is 0 Å². The fourth-order valence-corrected chi connectivity index (χ4v) is 9.15. The minimum Gasteiger partial charge on any atom is -0.353 e. The summed E-state index contributed by atoms with van der Waals surface area (Å²) >= 11 is 7.11. The van der Waals surface area contributed by atoms with Crippen molar-refractivity contribution < 1.29 is 0 Å². The number of rotatable bonds is 4. The van der Waals surface area contributed by atoms with Gasteiger partial charge < -0.3 is 9.97 Å². The van der Waals surface area contributed by atoms with Gasteiger partial charge in [-0.25, -0.2) is 0 Å². The van der Waals surface area contributed by atoms with Crippen molar-refractivity contribution >= 4 is 76.8 Å². The van der Waals surface area contributed by atoms with Crippen LogP contribution < -0.4 is 0 Å². The lowest BCUT2D eigenvalue weighted by molar-refractivity contribution is 1.48.